The van der Waals surface area contributed by atoms with Gasteiger partial charge in [-0.2, -0.15) is 0 Å². The number of H-pyrrole nitrogens is 1. The van der Waals surface area contributed by atoms with E-state index in [1.54, 1.807) is 0 Å². The van der Waals surface area contributed by atoms with Crippen molar-refractivity contribution in [3.63, 3.8) is 0 Å². The van der Waals surface area contributed by atoms with Gasteiger partial charge in [0.1, 0.15) is 15.5 Å². The standard InChI is InChI=1S/C9H11NO5S/c1-16(14,15)3-2-6-4-7(11)5-8(10-6)9(12)13/h4-5H,2-3H2,1H3,(H,10,11)(H,12,13). The maximum absolute atomic E-state index is 11.1. The fraction of sp³-hybridized carbons (Fsp3) is 0.333. The van der Waals surface area contributed by atoms with E-state index in [9.17, 15) is 18.0 Å². The summed E-state index contributed by atoms with van der Waals surface area (Å²) in [5, 5.41) is 8.67. The zero-order valence-electron chi connectivity index (χ0n) is 8.56. The molecule has 1 aromatic heterocycles. The van der Waals surface area contributed by atoms with Gasteiger partial charge in [-0.3, -0.25) is 4.79 Å². The van der Waals surface area contributed by atoms with E-state index < -0.39 is 21.2 Å². The molecule has 0 radical (unpaired) electrons. The third-order valence-corrected chi connectivity index (χ3v) is 2.82. The molecule has 2 N–H and O–H groups in total. The van der Waals surface area contributed by atoms with Crippen LogP contribution in [0.4, 0.5) is 0 Å². The Labute approximate surface area is 91.9 Å². The first kappa shape index (κ1) is 12.4. The second-order valence-electron chi connectivity index (χ2n) is 3.44. The van der Waals surface area contributed by atoms with Gasteiger partial charge in [0.05, 0.1) is 5.75 Å². The lowest BCUT2D eigenvalue weighted by molar-refractivity contribution is 0.0690. The molecule has 88 valence electrons. The molecule has 0 amide bonds. The Morgan fingerprint density at radius 1 is 1.44 bits per heavy atom. The molecule has 0 fully saturated rings. The van der Waals surface area contributed by atoms with Gasteiger partial charge in [-0.1, -0.05) is 0 Å². The molecule has 0 aliphatic rings. The van der Waals surface area contributed by atoms with Crippen molar-refractivity contribution in [2.45, 2.75) is 6.42 Å². The quantitative estimate of drug-likeness (QED) is 0.755. The van der Waals surface area contributed by atoms with Crippen LogP contribution < -0.4 is 5.43 Å². The maximum Gasteiger partial charge on any atom is 0.352 e. The zero-order chi connectivity index (χ0) is 12.3. The van der Waals surface area contributed by atoms with Gasteiger partial charge >= 0.3 is 5.97 Å². The van der Waals surface area contributed by atoms with Crippen molar-refractivity contribution >= 4 is 15.8 Å². The Morgan fingerprint density at radius 3 is 2.56 bits per heavy atom. The molecule has 1 rings (SSSR count). The number of aromatic amines is 1. The summed E-state index contributed by atoms with van der Waals surface area (Å²) in [7, 11) is -3.14. The summed E-state index contributed by atoms with van der Waals surface area (Å²) in [5.74, 6) is -1.38. The van der Waals surface area contributed by atoms with Crippen LogP contribution in [0.25, 0.3) is 0 Å². The van der Waals surface area contributed by atoms with E-state index in [0.29, 0.717) is 5.69 Å². The molecule has 0 aliphatic heterocycles. The van der Waals surface area contributed by atoms with Crippen LogP contribution in [0.1, 0.15) is 16.2 Å². The van der Waals surface area contributed by atoms with E-state index in [1.165, 1.54) is 6.07 Å². The summed E-state index contributed by atoms with van der Waals surface area (Å²) in [5.41, 5.74) is -0.397. The molecule has 0 aromatic carbocycles. The number of sulfone groups is 1. The SMILES string of the molecule is CS(=O)(=O)CCc1cc(=O)cc(C(=O)O)[nH]1. The number of aryl methyl sites for hydroxylation is 1. The highest BCUT2D eigenvalue weighted by atomic mass is 32.2. The molecular formula is C9H11NO5S. The van der Waals surface area contributed by atoms with Gasteiger partial charge in [0.25, 0.3) is 0 Å². The van der Waals surface area contributed by atoms with Crippen LogP contribution in [-0.2, 0) is 16.3 Å². The maximum atomic E-state index is 11.1. The van der Waals surface area contributed by atoms with E-state index in [-0.39, 0.29) is 17.9 Å². The van der Waals surface area contributed by atoms with Gasteiger partial charge in [-0.05, 0) is 0 Å². The van der Waals surface area contributed by atoms with Gasteiger partial charge in [0.2, 0.25) is 0 Å². The summed E-state index contributed by atoms with van der Waals surface area (Å²) >= 11 is 0. The van der Waals surface area contributed by atoms with Crippen LogP contribution in [0.5, 0.6) is 0 Å². The van der Waals surface area contributed by atoms with Crippen molar-refractivity contribution in [3.05, 3.63) is 33.7 Å². The summed E-state index contributed by atoms with van der Waals surface area (Å²) in [6.45, 7) is 0. The van der Waals surface area contributed by atoms with Crippen molar-refractivity contribution in [2.75, 3.05) is 12.0 Å². The van der Waals surface area contributed by atoms with E-state index in [0.717, 1.165) is 12.3 Å². The molecule has 0 saturated carbocycles. The van der Waals surface area contributed by atoms with Crippen LogP contribution in [0, 0.1) is 0 Å². The fourth-order valence-electron chi connectivity index (χ4n) is 1.15. The highest BCUT2D eigenvalue weighted by Gasteiger charge is 2.08. The molecule has 0 spiro atoms. The number of aromatic nitrogens is 1. The number of hydrogen-bond acceptors (Lipinski definition) is 4. The molecular weight excluding hydrogens is 234 g/mol. The number of carboxylic acids is 1. The topological polar surface area (TPSA) is 104 Å². The Morgan fingerprint density at radius 2 is 2.06 bits per heavy atom. The van der Waals surface area contributed by atoms with Crippen LogP contribution in [0.3, 0.4) is 0 Å². The van der Waals surface area contributed by atoms with Crippen LogP contribution >= 0.6 is 0 Å². The Kier molecular flexibility index (Phi) is 3.48. The van der Waals surface area contributed by atoms with Gasteiger partial charge in [0, 0.05) is 30.5 Å². The van der Waals surface area contributed by atoms with E-state index in [2.05, 4.69) is 4.98 Å². The summed E-state index contributed by atoms with van der Waals surface area (Å²) in [4.78, 5) is 24.2. The first-order valence-corrected chi connectivity index (χ1v) is 6.48. The second-order valence-corrected chi connectivity index (χ2v) is 5.70. The Bertz CT molecular complexity index is 558. The number of carboxylic acid groups (broad SMARTS) is 1. The molecule has 0 atom stereocenters. The minimum Gasteiger partial charge on any atom is -0.477 e. The zero-order valence-corrected chi connectivity index (χ0v) is 9.37. The van der Waals surface area contributed by atoms with E-state index in [4.69, 9.17) is 5.11 Å². The lowest BCUT2D eigenvalue weighted by Crippen LogP contribution is -2.14. The molecule has 0 aliphatic carbocycles. The van der Waals surface area contributed by atoms with Crippen molar-refractivity contribution in [3.8, 4) is 0 Å². The Balaban J connectivity index is 2.98. The summed E-state index contributed by atoms with van der Waals surface area (Å²) in [6.07, 6.45) is 1.17. The van der Waals surface area contributed by atoms with Gasteiger partial charge in [-0.25, -0.2) is 13.2 Å². The van der Waals surface area contributed by atoms with Crippen molar-refractivity contribution in [1.82, 2.24) is 4.98 Å². The summed E-state index contributed by atoms with van der Waals surface area (Å²) < 4.78 is 21.8. The lowest BCUT2D eigenvalue weighted by Gasteiger charge is -2.02. The van der Waals surface area contributed by atoms with Crippen molar-refractivity contribution in [2.24, 2.45) is 0 Å². The largest absolute Gasteiger partial charge is 0.477 e. The molecule has 1 heterocycles. The molecule has 7 heteroatoms. The average molecular weight is 245 g/mol. The predicted octanol–water partition coefficient (Wildman–Crippen LogP) is -0.340. The van der Waals surface area contributed by atoms with Gasteiger partial charge < -0.3 is 10.1 Å². The van der Waals surface area contributed by atoms with Crippen LogP contribution in [0.15, 0.2) is 16.9 Å². The van der Waals surface area contributed by atoms with Crippen LogP contribution in [-0.4, -0.2) is 36.5 Å². The van der Waals surface area contributed by atoms with Crippen molar-refractivity contribution in [1.29, 1.82) is 0 Å². The van der Waals surface area contributed by atoms with Crippen LogP contribution in [0.2, 0.25) is 0 Å². The van der Waals surface area contributed by atoms with Crippen molar-refractivity contribution < 1.29 is 18.3 Å². The lowest BCUT2D eigenvalue weighted by atomic mass is 10.2. The second kappa shape index (κ2) is 4.48. The van der Waals surface area contributed by atoms with E-state index >= 15 is 0 Å². The minimum absolute atomic E-state index is 0.0925. The third-order valence-electron chi connectivity index (χ3n) is 1.87. The number of aromatic carboxylic acids is 1. The van der Waals surface area contributed by atoms with E-state index in [1.807, 2.05) is 0 Å². The molecule has 0 saturated heterocycles. The first-order chi connectivity index (χ1) is 7.28. The first-order valence-electron chi connectivity index (χ1n) is 4.42. The molecule has 1 aromatic rings. The number of carbonyl (C=O) groups is 1. The minimum atomic E-state index is -3.14. The highest BCUT2D eigenvalue weighted by molar-refractivity contribution is 7.90. The summed E-state index contributed by atoms with van der Waals surface area (Å²) in [6, 6.07) is 2.14. The normalized spacial score (nSPS) is 11.3. The average Bonchev–Trinajstić information content (AvgIpc) is 2.13. The number of rotatable bonds is 4. The smallest absolute Gasteiger partial charge is 0.352 e. The molecule has 0 unspecified atom stereocenters. The van der Waals surface area contributed by atoms with Gasteiger partial charge in [-0.15, -0.1) is 0 Å². The number of pyridine rings is 1. The molecule has 6 nitrogen and oxygen atoms in total. The molecule has 16 heavy (non-hydrogen) atoms. The number of hydrogen-bond donors (Lipinski definition) is 2. The van der Waals surface area contributed by atoms with Gasteiger partial charge in [0.15, 0.2) is 5.43 Å². The fourth-order valence-corrected chi connectivity index (χ4v) is 1.74. The third kappa shape index (κ3) is 3.85. The Hall–Kier alpha value is -1.63. The predicted molar refractivity (Wildman–Crippen MR) is 57.4 cm³/mol. The number of nitrogens with one attached hydrogen (secondary N) is 1. The molecule has 0 bridgehead atoms. The monoisotopic (exact) mass is 245 g/mol. The highest BCUT2D eigenvalue weighted by Crippen LogP contribution is 1.98.